The van der Waals surface area contributed by atoms with E-state index in [1.807, 2.05) is 78.1 Å². The maximum atomic E-state index is 12.9. The molecule has 2 aromatic carbocycles. The Morgan fingerprint density at radius 2 is 0.968 bits per heavy atom. The number of benzene rings is 2. The number of hydrogen-bond acceptors (Lipinski definition) is 7. The Labute approximate surface area is 480 Å². The van der Waals surface area contributed by atoms with Crippen molar-refractivity contribution >= 4 is 214 Å². The Balaban J connectivity index is 0.000000442. The molecule has 10 nitrogen and oxygen atoms in total. The van der Waals surface area contributed by atoms with Crippen LogP contribution in [0, 0.1) is 43.8 Å². The molecule has 8 rings (SSSR count). The smallest absolute Gasteiger partial charge is 0.270 e. The van der Waals surface area contributed by atoms with Crippen LogP contribution in [0.5, 0.6) is 0 Å². The van der Waals surface area contributed by atoms with Crippen LogP contribution in [0.3, 0.4) is 0 Å². The Morgan fingerprint density at radius 3 is 1.40 bits per heavy atom. The molecule has 0 amide bonds. The fourth-order valence-corrected chi connectivity index (χ4v) is 10.9. The van der Waals surface area contributed by atoms with Gasteiger partial charge in [0.25, 0.3) is 20.0 Å². The molecule has 0 spiro atoms. The van der Waals surface area contributed by atoms with Gasteiger partial charge >= 0.3 is 0 Å². The molecule has 0 saturated heterocycles. The molecule has 0 saturated carbocycles. The number of aryl methyl sites for hydroxylation is 4. The third kappa shape index (κ3) is 15.3. The predicted octanol–water partition coefficient (Wildman–Crippen LogP) is 14.5. The number of halogens is 8. The zero-order valence-electron chi connectivity index (χ0n) is 33.2. The summed E-state index contributed by atoms with van der Waals surface area (Å²) in [6.07, 6.45) is 4.96. The van der Waals surface area contributed by atoms with Gasteiger partial charge in [0, 0.05) is 96.7 Å². The number of H-pyrrole nitrogens is 1. The molecule has 0 unspecified atom stereocenters. The van der Waals surface area contributed by atoms with Crippen molar-refractivity contribution in [3.8, 4) is 0 Å². The van der Waals surface area contributed by atoms with Gasteiger partial charge in [-0.1, -0.05) is 103 Å². The summed E-state index contributed by atoms with van der Waals surface area (Å²) in [5, 5.41) is 2.70. The minimum absolute atomic E-state index is 0. The first-order chi connectivity index (χ1) is 27.8. The fraction of sp³-hybridized carbons (Fsp3) is 0.125. The summed E-state index contributed by atoms with van der Waals surface area (Å²) in [5.41, 5.74) is 5.60. The predicted molar refractivity (Wildman–Crippen MR) is 300 cm³/mol. The van der Waals surface area contributed by atoms with Gasteiger partial charge in [-0.2, -0.15) is 0 Å². The topological polar surface area (TPSA) is 133 Å². The van der Waals surface area contributed by atoms with Gasteiger partial charge in [-0.05, 0) is 159 Å². The van der Waals surface area contributed by atoms with E-state index in [2.05, 4.69) is 146 Å². The standard InChI is InChI=1S/C15H13BrN2O2S.C14H10BrIN2O2S.C8H7BrN2.CHI3.CH2I.CH3.2V/c1-10-3-5-12(6-4-10)21(19,20)18-11(2)9-13-14(16)7-8-17-15(13)18;1-9-2-4-10(5-3-9)21(19,20)18-13(16)8-11-12(15)6-7-17-14(11)18;1-5-4-6-7(9)2-3-10-8(6)11-5;2-1(3)4;1-2;;;/h3-9H,1-2H3;2-8H,1H3;2-4H,1H3,(H,10,11);1H;1H2;1H3;;/q;;;;2*-1;;. The Bertz CT molecular complexity index is 2780. The molecule has 2 radical (unpaired) electrons. The summed E-state index contributed by atoms with van der Waals surface area (Å²) < 4.78 is 58.1. The number of alkyl halides is 3. The third-order valence-corrected chi connectivity index (χ3v) is 14.8. The van der Waals surface area contributed by atoms with E-state index in [1.54, 1.807) is 92.2 Å². The number of fused-ring (bicyclic) bond motifs is 3. The van der Waals surface area contributed by atoms with Crippen molar-refractivity contribution in [2.45, 2.75) is 37.4 Å². The van der Waals surface area contributed by atoms with E-state index in [-0.39, 0.29) is 54.3 Å². The average Bonchev–Trinajstić information content (AvgIpc) is 3.86. The van der Waals surface area contributed by atoms with Gasteiger partial charge in [0.05, 0.1) is 13.5 Å². The van der Waals surface area contributed by atoms with Crippen LogP contribution in [-0.2, 0) is 57.2 Å². The molecule has 6 heterocycles. The number of rotatable bonds is 4. The quantitative estimate of drug-likeness (QED) is 0.105. The number of hydrogen-bond donors (Lipinski definition) is 1. The zero-order chi connectivity index (χ0) is 43.8. The monoisotopic (exact) mass is 1700 g/mol. The number of nitrogens with one attached hydrogen (secondary N) is 1. The minimum Gasteiger partial charge on any atom is -0.358 e. The first-order valence-electron chi connectivity index (χ1n) is 16.7. The molecule has 62 heavy (non-hydrogen) atoms. The van der Waals surface area contributed by atoms with E-state index in [9.17, 15) is 16.8 Å². The van der Waals surface area contributed by atoms with E-state index < -0.39 is 20.0 Å². The van der Waals surface area contributed by atoms with Gasteiger partial charge in [-0.25, -0.2) is 39.7 Å². The second kappa shape index (κ2) is 27.6. The van der Waals surface area contributed by atoms with E-state index in [1.165, 1.54) is 7.94 Å². The Kier molecular flexibility index (Phi) is 27.0. The second-order valence-electron chi connectivity index (χ2n) is 12.2. The van der Waals surface area contributed by atoms with Crippen molar-refractivity contribution in [3.63, 3.8) is 0 Å². The third-order valence-electron chi connectivity index (χ3n) is 8.08. The molecule has 330 valence electrons. The molecule has 22 heteroatoms. The summed E-state index contributed by atoms with van der Waals surface area (Å²) in [5.74, 6) is 0. The number of nitrogens with zero attached hydrogens (tertiary/aromatic N) is 5. The van der Waals surface area contributed by atoms with Crippen molar-refractivity contribution in [2.75, 3.05) is 0 Å². The van der Waals surface area contributed by atoms with Crippen LogP contribution >= 0.6 is 161 Å². The van der Waals surface area contributed by atoms with Gasteiger partial charge in [0.2, 0.25) is 0 Å². The van der Waals surface area contributed by atoms with Crippen LogP contribution in [0.2, 0.25) is 0 Å². The Morgan fingerprint density at radius 1 is 0.597 bits per heavy atom. The van der Waals surface area contributed by atoms with Gasteiger partial charge in [0.15, 0.2) is 11.3 Å². The first kappa shape index (κ1) is 60.7. The second-order valence-corrected chi connectivity index (χ2v) is 30.4. The molecule has 6 aromatic heterocycles. The van der Waals surface area contributed by atoms with Crippen LogP contribution in [-0.4, -0.2) is 44.7 Å². The van der Waals surface area contributed by atoms with Gasteiger partial charge in [0.1, 0.15) is 5.59 Å². The maximum absolute atomic E-state index is 12.9. The maximum Gasteiger partial charge on any atom is 0.270 e. The van der Waals surface area contributed by atoms with Crippen molar-refractivity contribution in [1.82, 2.24) is 27.9 Å². The van der Waals surface area contributed by atoms with Gasteiger partial charge in [-0.3, -0.25) is 4.93 Å². The number of aromatic amines is 1. The van der Waals surface area contributed by atoms with E-state index in [0.717, 1.165) is 52.0 Å². The SMILES string of the molecule is Cc1cc2c(Br)ccnc2[nH]1.Cc1ccc(S(=O)(=O)n2c(C)cc3c(Br)ccnc32)cc1.Cc1ccc(S(=O)(=O)n2c(I)cc3c(Br)ccnc32)cc1.IC(I)I.[CH2-]I.[CH3-].[V].[V]. The molecule has 0 atom stereocenters. The molecule has 0 aliphatic heterocycles. The summed E-state index contributed by atoms with van der Waals surface area (Å²) in [6.45, 7) is 7.63. The molecule has 0 fully saturated rings. The normalized spacial score (nSPS) is 10.7. The van der Waals surface area contributed by atoms with Crippen LogP contribution in [0.1, 0.15) is 22.5 Å². The fourth-order valence-electron chi connectivity index (χ4n) is 5.47. The summed E-state index contributed by atoms with van der Waals surface area (Å²) >= 11 is 21.2. The van der Waals surface area contributed by atoms with Crippen LogP contribution in [0.25, 0.3) is 33.1 Å². The van der Waals surface area contributed by atoms with Crippen molar-refractivity contribution in [2.24, 2.45) is 0 Å². The molecule has 1 N–H and O–H groups in total. The number of aromatic nitrogens is 6. The summed E-state index contributed by atoms with van der Waals surface area (Å²) in [4.78, 5) is 19.5. The van der Waals surface area contributed by atoms with Crippen LogP contribution in [0.15, 0.2) is 127 Å². The van der Waals surface area contributed by atoms with Crippen molar-refractivity contribution in [3.05, 3.63) is 156 Å². The summed E-state index contributed by atoms with van der Waals surface area (Å²) in [7, 11) is -7.31. The Hall–Kier alpha value is 0.669. The summed E-state index contributed by atoms with van der Waals surface area (Å²) in [6, 6.07) is 24.8. The minimum atomic E-state index is -3.66. The molecule has 0 aliphatic carbocycles. The molecular weight excluding hydrogens is 1670 g/mol. The van der Waals surface area contributed by atoms with Crippen molar-refractivity contribution in [1.29, 1.82) is 0 Å². The molecular formula is C40H36Br3I5N6O4S2V2-2. The average molecular weight is 1710 g/mol. The van der Waals surface area contributed by atoms with E-state index in [0.29, 0.717) is 20.7 Å². The first-order valence-corrected chi connectivity index (χ1v) is 28.3. The van der Waals surface area contributed by atoms with Crippen LogP contribution < -0.4 is 0 Å². The van der Waals surface area contributed by atoms with Gasteiger partial charge in [-0.15, -0.1) is 0 Å². The zero-order valence-corrected chi connectivity index (χ0v) is 53.2. The molecule has 8 aromatic rings. The van der Waals surface area contributed by atoms with E-state index in [4.69, 9.17) is 0 Å². The van der Waals surface area contributed by atoms with E-state index >= 15 is 0 Å². The largest absolute Gasteiger partial charge is 0.358 e. The van der Waals surface area contributed by atoms with Gasteiger partial charge < -0.3 is 35.0 Å². The molecule has 0 aliphatic rings. The van der Waals surface area contributed by atoms with Crippen molar-refractivity contribution < 1.29 is 53.9 Å². The molecule has 0 bridgehead atoms. The van der Waals surface area contributed by atoms with Crippen LogP contribution in [0.4, 0.5) is 0 Å². The number of pyridine rings is 3.